The topological polar surface area (TPSA) is 96.8 Å². The highest BCUT2D eigenvalue weighted by Crippen LogP contribution is 2.29. The average molecular weight is 471 g/mol. The molecule has 2 heterocycles. The summed E-state index contributed by atoms with van der Waals surface area (Å²) in [4.78, 5) is 43.1. The van der Waals surface area contributed by atoms with Gasteiger partial charge >= 0.3 is 12.1 Å². The summed E-state index contributed by atoms with van der Waals surface area (Å²) in [5.41, 5.74) is 3.28. The molecule has 1 saturated carbocycles. The number of nitrogens with zero attached hydrogens (tertiary/aromatic N) is 2. The van der Waals surface area contributed by atoms with Crippen molar-refractivity contribution < 1.29 is 24.2 Å². The normalized spacial score (nSPS) is 20.2. The monoisotopic (exact) mass is 470 g/mol. The van der Waals surface area contributed by atoms with Crippen LogP contribution in [0.1, 0.15) is 58.7 Å². The van der Waals surface area contributed by atoms with Gasteiger partial charge in [0, 0.05) is 37.0 Å². The summed E-state index contributed by atoms with van der Waals surface area (Å²) in [6.45, 7) is 3.09. The average Bonchev–Trinajstić information content (AvgIpc) is 3.18. The molecular formula is C25H30N2O5S. The first-order chi connectivity index (χ1) is 15.9. The SMILES string of the molecule is Cc1cnc(CC(=O)Cc2ccc3c(c2)CCN(C(=O)OC2CCC(CC(=O)O)CC2)C3)s1. The lowest BCUT2D eigenvalue weighted by molar-refractivity contribution is -0.138. The number of amides is 1. The number of rotatable bonds is 7. The van der Waals surface area contributed by atoms with Crippen molar-refractivity contribution in [2.75, 3.05) is 6.54 Å². The molecule has 4 rings (SSSR count). The zero-order valence-corrected chi connectivity index (χ0v) is 19.7. The molecule has 0 saturated heterocycles. The van der Waals surface area contributed by atoms with E-state index in [2.05, 4.69) is 11.1 Å². The zero-order chi connectivity index (χ0) is 23.4. The highest BCUT2D eigenvalue weighted by atomic mass is 32.1. The lowest BCUT2D eigenvalue weighted by atomic mass is 9.85. The number of aliphatic carboxylic acids is 1. The van der Waals surface area contributed by atoms with Crippen LogP contribution in [0.3, 0.4) is 0 Å². The van der Waals surface area contributed by atoms with Crippen LogP contribution in [0.15, 0.2) is 24.4 Å². The lowest BCUT2D eigenvalue weighted by Crippen LogP contribution is -2.39. The molecule has 1 amide bonds. The summed E-state index contributed by atoms with van der Waals surface area (Å²) in [6.07, 6.45) is 6.11. The Morgan fingerprint density at radius 3 is 2.64 bits per heavy atom. The van der Waals surface area contributed by atoms with Gasteiger partial charge in [0.15, 0.2) is 0 Å². The number of carboxylic acids is 1. The van der Waals surface area contributed by atoms with Crippen molar-refractivity contribution in [3.63, 3.8) is 0 Å². The number of carboxylic acid groups (broad SMARTS) is 1. The molecule has 0 atom stereocenters. The number of carbonyl (C=O) groups is 3. The van der Waals surface area contributed by atoms with Crippen LogP contribution in [0.5, 0.6) is 0 Å². The first-order valence-corrected chi connectivity index (χ1v) is 12.4. The number of carbonyl (C=O) groups excluding carboxylic acids is 2. The Balaban J connectivity index is 1.27. The third-order valence-corrected chi connectivity index (χ3v) is 7.40. The lowest BCUT2D eigenvalue weighted by Gasteiger charge is -2.32. The fourth-order valence-corrected chi connectivity index (χ4v) is 5.55. The Kier molecular flexibility index (Phi) is 7.42. The van der Waals surface area contributed by atoms with Gasteiger partial charge in [-0.05, 0) is 61.6 Å². The second-order valence-electron chi connectivity index (χ2n) is 9.16. The molecule has 1 fully saturated rings. The van der Waals surface area contributed by atoms with Crippen LogP contribution in [0.4, 0.5) is 4.79 Å². The number of thiazole rings is 1. The van der Waals surface area contributed by atoms with Gasteiger partial charge in [-0.25, -0.2) is 9.78 Å². The van der Waals surface area contributed by atoms with Gasteiger partial charge < -0.3 is 14.7 Å². The van der Waals surface area contributed by atoms with Gasteiger partial charge in [-0.3, -0.25) is 9.59 Å². The summed E-state index contributed by atoms with van der Waals surface area (Å²) in [6, 6.07) is 6.08. The molecule has 176 valence electrons. The number of aryl methyl sites for hydroxylation is 1. The fraction of sp³-hybridized carbons (Fsp3) is 0.520. The molecule has 7 nitrogen and oxygen atoms in total. The maximum Gasteiger partial charge on any atom is 0.410 e. The van der Waals surface area contributed by atoms with Crippen molar-refractivity contribution in [2.45, 2.75) is 70.9 Å². The van der Waals surface area contributed by atoms with Crippen LogP contribution >= 0.6 is 11.3 Å². The van der Waals surface area contributed by atoms with E-state index in [1.165, 1.54) is 5.56 Å². The van der Waals surface area contributed by atoms with E-state index in [9.17, 15) is 14.4 Å². The summed E-state index contributed by atoms with van der Waals surface area (Å²) in [5, 5.41) is 9.80. The summed E-state index contributed by atoms with van der Waals surface area (Å²) in [5.74, 6) is -0.418. The van der Waals surface area contributed by atoms with Crippen LogP contribution in [0.2, 0.25) is 0 Å². The van der Waals surface area contributed by atoms with Crippen LogP contribution in [-0.2, 0) is 40.1 Å². The molecule has 0 spiro atoms. The van der Waals surface area contributed by atoms with Crippen molar-refractivity contribution in [1.29, 1.82) is 0 Å². The van der Waals surface area contributed by atoms with Gasteiger partial charge in [0.25, 0.3) is 0 Å². The molecule has 1 aliphatic heterocycles. The number of ketones is 1. The molecule has 0 radical (unpaired) electrons. The smallest absolute Gasteiger partial charge is 0.410 e. The molecule has 33 heavy (non-hydrogen) atoms. The Labute approximate surface area is 197 Å². The predicted molar refractivity (Wildman–Crippen MR) is 124 cm³/mol. The van der Waals surface area contributed by atoms with Crippen molar-refractivity contribution >= 4 is 29.2 Å². The maximum atomic E-state index is 12.7. The Hall–Kier alpha value is -2.74. The molecule has 0 bridgehead atoms. The first-order valence-electron chi connectivity index (χ1n) is 11.6. The summed E-state index contributed by atoms with van der Waals surface area (Å²) >= 11 is 1.56. The van der Waals surface area contributed by atoms with Crippen LogP contribution < -0.4 is 0 Å². The van der Waals surface area contributed by atoms with E-state index in [4.69, 9.17) is 9.84 Å². The van der Waals surface area contributed by atoms with E-state index in [1.807, 2.05) is 19.1 Å². The minimum Gasteiger partial charge on any atom is -0.481 e. The number of ether oxygens (including phenoxy) is 1. The zero-order valence-electron chi connectivity index (χ0n) is 18.9. The van der Waals surface area contributed by atoms with Gasteiger partial charge in [0.05, 0.1) is 6.42 Å². The van der Waals surface area contributed by atoms with Crippen molar-refractivity contribution in [3.8, 4) is 0 Å². The van der Waals surface area contributed by atoms with E-state index in [1.54, 1.807) is 22.4 Å². The summed E-state index contributed by atoms with van der Waals surface area (Å²) in [7, 11) is 0. The largest absolute Gasteiger partial charge is 0.481 e. The van der Waals surface area contributed by atoms with Gasteiger partial charge in [-0.2, -0.15) is 0 Å². The van der Waals surface area contributed by atoms with E-state index >= 15 is 0 Å². The molecule has 2 aromatic rings. The minimum absolute atomic E-state index is 0.126. The molecule has 1 aromatic heterocycles. The number of aromatic nitrogens is 1. The van der Waals surface area contributed by atoms with Crippen molar-refractivity contribution in [1.82, 2.24) is 9.88 Å². The first kappa shape index (κ1) is 23.4. The third kappa shape index (κ3) is 6.41. The second kappa shape index (κ2) is 10.5. The van der Waals surface area contributed by atoms with Crippen molar-refractivity contribution in [3.05, 3.63) is 51.0 Å². The number of hydrogen-bond acceptors (Lipinski definition) is 6. The number of fused-ring (bicyclic) bond motifs is 1. The highest BCUT2D eigenvalue weighted by molar-refractivity contribution is 7.11. The maximum absolute atomic E-state index is 12.7. The van der Waals surface area contributed by atoms with Gasteiger partial charge in [-0.1, -0.05) is 18.2 Å². The number of benzene rings is 1. The van der Waals surface area contributed by atoms with Crippen LogP contribution in [0, 0.1) is 12.8 Å². The third-order valence-electron chi connectivity index (χ3n) is 6.48. The van der Waals surface area contributed by atoms with E-state index in [0.717, 1.165) is 53.1 Å². The fourth-order valence-electron chi connectivity index (χ4n) is 4.73. The predicted octanol–water partition coefficient (Wildman–Crippen LogP) is 4.33. The molecule has 0 unspecified atom stereocenters. The molecule has 1 aliphatic carbocycles. The highest BCUT2D eigenvalue weighted by Gasteiger charge is 2.28. The van der Waals surface area contributed by atoms with E-state index in [0.29, 0.717) is 25.9 Å². The molecule has 1 aromatic carbocycles. The standard InChI is InChI=1S/C25H30N2O5S/c1-16-14-26-23(33-16)13-21(28)11-18-2-5-20-15-27(9-8-19(20)10-18)25(31)32-22-6-3-17(4-7-22)12-24(29)30/h2,5,10,14,17,22H,3-4,6-9,11-13,15H2,1H3,(H,29,30). The minimum atomic E-state index is -0.760. The van der Waals surface area contributed by atoms with Gasteiger partial charge in [0.2, 0.25) is 0 Å². The van der Waals surface area contributed by atoms with E-state index < -0.39 is 5.97 Å². The van der Waals surface area contributed by atoms with E-state index in [-0.39, 0.29) is 30.3 Å². The number of Topliss-reactive ketones (excluding diaryl/α,β-unsaturated/α-hetero) is 1. The summed E-state index contributed by atoms with van der Waals surface area (Å²) < 4.78 is 5.72. The molecule has 1 N–H and O–H groups in total. The van der Waals surface area contributed by atoms with Crippen LogP contribution in [0.25, 0.3) is 0 Å². The van der Waals surface area contributed by atoms with Gasteiger partial charge in [-0.15, -0.1) is 11.3 Å². The Bertz CT molecular complexity index is 1030. The molecule has 2 aliphatic rings. The van der Waals surface area contributed by atoms with Crippen molar-refractivity contribution in [2.24, 2.45) is 5.92 Å². The van der Waals surface area contributed by atoms with Crippen LogP contribution in [-0.4, -0.2) is 45.5 Å². The Morgan fingerprint density at radius 1 is 1.15 bits per heavy atom. The molecular weight excluding hydrogens is 440 g/mol. The van der Waals surface area contributed by atoms with Gasteiger partial charge in [0.1, 0.15) is 16.9 Å². The molecule has 8 heteroatoms. The second-order valence-corrected chi connectivity index (χ2v) is 10.5. The Morgan fingerprint density at radius 2 is 1.94 bits per heavy atom. The quantitative estimate of drug-likeness (QED) is 0.647. The number of hydrogen-bond donors (Lipinski definition) is 1.